The molecule has 0 fully saturated rings. The van der Waals surface area contributed by atoms with Gasteiger partial charge in [0.1, 0.15) is 6.10 Å². The van der Waals surface area contributed by atoms with E-state index >= 15 is 0 Å². The molecule has 1 unspecified atom stereocenters. The summed E-state index contributed by atoms with van der Waals surface area (Å²) in [5.41, 5.74) is 0. The van der Waals surface area contributed by atoms with Gasteiger partial charge < -0.3 is 15.5 Å². The molecule has 70 valence electrons. The van der Waals surface area contributed by atoms with Crippen LogP contribution in [0.1, 0.15) is 6.92 Å². The van der Waals surface area contributed by atoms with Crippen molar-refractivity contribution >= 4 is 11.7 Å². The number of hydrogen-bond acceptors (Lipinski definition) is 4. The highest BCUT2D eigenvalue weighted by Gasteiger charge is 2.11. The van der Waals surface area contributed by atoms with Gasteiger partial charge in [0, 0.05) is 6.20 Å². The lowest BCUT2D eigenvalue weighted by molar-refractivity contribution is -0.123. The molecular weight excluding hydrogens is 172 g/mol. The maximum absolute atomic E-state index is 11.0. The van der Waals surface area contributed by atoms with Crippen molar-refractivity contribution in [2.75, 3.05) is 5.32 Å². The molecule has 1 amide bonds. The average Bonchev–Trinajstić information content (AvgIpc) is 2.08. The van der Waals surface area contributed by atoms with Crippen LogP contribution in [0.15, 0.2) is 18.3 Å². The SMILES string of the molecule is CC(O)C(=O)Nc1ncccc1O. The zero-order valence-corrected chi connectivity index (χ0v) is 7.06. The number of aromatic nitrogens is 1. The van der Waals surface area contributed by atoms with E-state index < -0.39 is 12.0 Å². The predicted molar refractivity (Wildman–Crippen MR) is 46.2 cm³/mol. The van der Waals surface area contributed by atoms with Gasteiger partial charge in [-0.3, -0.25) is 4.79 Å². The zero-order chi connectivity index (χ0) is 9.84. The highest BCUT2D eigenvalue weighted by Crippen LogP contribution is 2.17. The molecule has 1 aromatic rings. The van der Waals surface area contributed by atoms with Crippen molar-refractivity contribution < 1.29 is 15.0 Å². The smallest absolute Gasteiger partial charge is 0.254 e. The van der Waals surface area contributed by atoms with Gasteiger partial charge in [-0.1, -0.05) is 0 Å². The summed E-state index contributed by atoms with van der Waals surface area (Å²) in [6.45, 7) is 1.33. The van der Waals surface area contributed by atoms with E-state index in [1.807, 2.05) is 0 Å². The normalized spacial score (nSPS) is 12.2. The summed E-state index contributed by atoms with van der Waals surface area (Å²) < 4.78 is 0. The quantitative estimate of drug-likeness (QED) is 0.606. The number of aliphatic hydroxyl groups is 1. The number of hydrogen-bond donors (Lipinski definition) is 3. The van der Waals surface area contributed by atoms with E-state index in [1.54, 1.807) is 0 Å². The highest BCUT2D eigenvalue weighted by atomic mass is 16.3. The van der Waals surface area contributed by atoms with Crippen molar-refractivity contribution in [2.45, 2.75) is 13.0 Å². The fourth-order valence-electron chi connectivity index (χ4n) is 0.714. The minimum atomic E-state index is -1.12. The fraction of sp³-hybridized carbons (Fsp3) is 0.250. The molecule has 0 aliphatic carbocycles. The molecule has 0 aliphatic heterocycles. The molecule has 1 heterocycles. The molecule has 0 aliphatic rings. The summed E-state index contributed by atoms with van der Waals surface area (Å²) >= 11 is 0. The topological polar surface area (TPSA) is 82.5 Å². The highest BCUT2D eigenvalue weighted by molar-refractivity contribution is 5.93. The van der Waals surface area contributed by atoms with Crippen molar-refractivity contribution in [3.63, 3.8) is 0 Å². The lowest BCUT2D eigenvalue weighted by Crippen LogP contribution is -2.24. The van der Waals surface area contributed by atoms with Gasteiger partial charge in [-0.25, -0.2) is 4.98 Å². The number of carbonyl (C=O) groups excluding carboxylic acids is 1. The lowest BCUT2D eigenvalue weighted by atomic mass is 10.3. The first-order valence-corrected chi connectivity index (χ1v) is 3.74. The Hall–Kier alpha value is -1.62. The third-order valence-electron chi connectivity index (χ3n) is 1.41. The molecule has 0 bridgehead atoms. The average molecular weight is 182 g/mol. The van der Waals surface area contributed by atoms with E-state index in [0.717, 1.165) is 0 Å². The Labute approximate surface area is 75.0 Å². The van der Waals surface area contributed by atoms with Gasteiger partial charge in [0.25, 0.3) is 5.91 Å². The Balaban J connectivity index is 2.75. The van der Waals surface area contributed by atoms with Crippen LogP contribution in [-0.4, -0.2) is 27.2 Å². The molecular formula is C8H10N2O3. The van der Waals surface area contributed by atoms with Crippen LogP contribution in [0.3, 0.4) is 0 Å². The molecule has 3 N–H and O–H groups in total. The summed E-state index contributed by atoms with van der Waals surface area (Å²) in [4.78, 5) is 14.7. The van der Waals surface area contributed by atoms with E-state index in [-0.39, 0.29) is 11.6 Å². The van der Waals surface area contributed by atoms with Gasteiger partial charge in [0.15, 0.2) is 11.6 Å². The number of nitrogens with one attached hydrogen (secondary N) is 1. The number of amides is 1. The number of anilines is 1. The molecule has 0 spiro atoms. The molecule has 0 saturated heterocycles. The van der Waals surface area contributed by atoms with Crippen LogP contribution < -0.4 is 5.32 Å². The molecule has 1 atom stereocenters. The van der Waals surface area contributed by atoms with E-state index in [4.69, 9.17) is 5.11 Å². The molecule has 5 nitrogen and oxygen atoms in total. The van der Waals surface area contributed by atoms with E-state index in [0.29, 0.717) is 0 Å². The summed E-state index contributed by atoms with van der Waals surface area (Å²) in [5, 5.41) is 20.3. The number of pyridine rings is 1. The summed E-state index contributed by atoms with van der Waals surface area (Å²) in [7, 11) is 0. The van der Waals surface area contributed by atoms with Crippen LogP contribution in [-0.2, 0) is 4.79 Å². The Morgan fingerprint density at radius 2 is 2.38 bits per heavy atom. The van der Waals surface area contributed by atoms with Crippen LogP contribution >= 0.6 is 0 Å². The summed E-state index contributed by atoms with van der Waals surface area (Å²) in [5.74, 6) is -0.682. The number of rotatable bonds is 2. The first-order valence-electron chi connectivity index (χ1n) is 3.74. The Kier molecular flexibility index (Phi) is 2.81. The third kappa shape index (κ3) is 2.41. The molecule has 0 radical (unpaired) electrons. The fourth-order valence-corrected chi connectivity index (χ4v) is 0.714. The van der Waals surface area contributed by atoms with E-state index in [9.17, 15) is 9.90 Å². The lowest BCUT2D eigenvalue weighted by Gasteiger charge is -2.06. The number of aliphatic hydroxyl groups excluding tert-OH is 1. The minimum absolute atomic E-state index is 0.0494. The van der Waals surface area contributed by atoms with Gasteiger partial charge in [0.2, 0.25) is 0 Å². The van der Waals surface area contributed by atoms with Crippen molar-refractivity contribution in [1.29, 1.82) is 0 Å². The second-order valence-electron chi connectivity index (χ2n) is 2.54. The molecule has 5 heteroatoms. The monoisotopic (exact) mass is 182 g/mol. The van der Waals surface area contributed by atoms with Gasteiger partial charge in [-0.15, -0.1) is 0 Å². The van der Waals surface area contributed by atoms with Gasteiger partial charge in [-0.2, -0.15) is 0 Å². The van der Waals surface area contributed by atoms with Crippen LogP contribution in [0, 0.1) is 0 Å². The van der Waals surface area contributed by atoms with E-state index in [1.165, 1.54) is 25.3 Å². The zero-order valence-electron chi connectivity index (χ0n) is 7.06. The second kappa shape index (κ2) is 3.86. The van der Waals surface area contributed by atoms with Crippen molar-refractivity contribution in [3.05, 3.63) is 18.3 Å². The first kappa shape index (κ1) is 9.47. The van der Waals surface area contributed by atoms with Crippen LogP contribution in [0.2, 0.25) is 0 Å². The molecule has 0 saturated carbocycles. The third-order valence-corrected chi connectivity index (χ3v) is 1.41. The maximum atomic E-state index is 11.0. The molecule has 13 heavy (non-hydrogen) atoms. The first-order chi connectivity index (χ1) is 6.11. The Morgan fingerprint density at radius 3 is 2.92 bits per heavy atom. The Morgan fingerprint density at radius 1 is 1.69 bits per heavy atom. The largest absolute Gasteiger partial charge is 0.504 e. The Bertz CT molecular complexity index is 312. The standard InChI is InChI=1S/C8H10N2O3/c1-5(11)8(13)10-7-6(12)3-2-4-9-7/h2-5,11-12H,1H3,(H,9,10,13). The number of carbonyl (C=O) groups is 1. The van der Waals surface area contributed by atoms with Crippen molar-refractivity contribution in [3.8, 4) is 5.75 Å². The van der Waals surface area contributed by atoms with Crippen LogP contribution in [0.4, 0.5) is 5.82 Å². The number of aromatic hydroxyl groups is 1. The predicted octanol–water partition coefficient (Wildman–Crippen LogP) is 0.106. The van der Waals surface area contributed by atoms with Gasteiger partial charge in [0.05, 0.1) is 0 Å². The molecule has 1 aromatic heterocycles. The second-order valence-corrected chi connectivity index (χ2v) is 2.54. The van der Waals surface area contributed by atoms with Crippen molar-refractivity contribution in [1.82, 2.24) is 4.98 Å². The molecule has 0 aromatic carbocycles. The van der Waals surface area contributed by atoms with Crippen molar-refractivity contribution in [2.24, 2.45) is 0 Å². The summed E-state index contributed by atoms with van der Waals surface area (Å²) in [6, 6.07) is 2.93. The number of nitrogens with zero attached hydrogens (tertiary/aromatic N) is 1. The van der Waals surface area contributed by atoms with Crippen LogP contribution in [0.5, 0.6) is 5.75 Å². The van der Waals surface area contributed by atoms with Gasteiger partial charge >= 0.3 is 0 Å². The molecule has 1 rings (SSSR count). The minimum Gasteiger partial charge on any atom is -0.504 e. The maximum Gasteiger partial charge on any atom is 0.254 e. The summed E-state index contributed by atoms with van der Waals surface area (Å²) in [6.07, 6.45) is 0.304. The van der Waals surface area contributed by atoms with Gasteiger partial charge in [-0.05, 0) is 19.1 Å². The van der Waals surface area contributed by atoms with Crippen LogP contribution in [0.25, 0.3) is 0 Å². The van der Waals surface area contributed by atoms with E-state index in [2.05, 4.69) is 10.3 Å².